The summed E-state index contributed by atoms with van der Waals surface area (Å²) in [6.07, 6.45) is 0. The van der Waals surface area contributed by atoms with Gasteiger partial charge < -0.3 is 0 Å². The molecule has 0 amide bonds. The van der Waals surface area contributed by atoms with E-state index in [0.29, 0.717) is 0 Å². The number of hydrogen-bond acceptors (Lipinski definition) is 2. The Morgan fingerprint density at radius 3 is 2.12 bits per heavy atom. The standard InChI is InChI=1S/Cl3H4N2P3/c1-8(2,3)5-7-4-6/h4,7H,6H2. The van der Waals surface area contributed by atoms with Crippen LogP contribution in [0.15, 0.2) is 4.52 Å². The molecular weight excluding hydrogens is 227 g/mol. The summed E-state index contributed by atoms with van der Waals surface area (Å²) >= 11 is 16.0. The molecule has 0 aliphatic heterocycles. The molecule has 0 radical (unpaired) electrons. The van der Waals surface area contributed by atoms with Crippen molar-refractivity contribution in [3.8, 4) is 0 Å². The molecule has 50 valence electrons. The van der Waals surface area contributed by atoms with Crippen LogP contribution in [0, 0.1) is 0 Å². The van der Waals surface area contributed by atoms with Crippen molar-refractivity contribution in [2.24, 2.45) is 4.52 Å². The summed E-state index contributed by atoms with van der Waals surface area (Å²) in [6, 6.07) is 0. The van der Waals surface area contributed by atoms with Gasteiger partial charge in [0.1, 0.15) is 0 Å². The first-order chi connectivity index (χ1) is 3.56. The van der Waals surface area contributed by atoms with Crippen LogP contribution in [0.25, 0.3) is 0 Å². The van der Waals surface area contributed by atoms with Gasteiger partial charge in [-0.2, -0.15) is 0 Å². The third-order valence-corrected chi connectivity index (χ3v) is 4.09. The molecule has 0 aromatic rings. The number of rotatable bonds is 2. The van der Waals surface area contributed by atoms with Crippen molar-refractivity contribution in [1.82, 2.24) is 4.86 Å². The minimum Gasteiger partial charge on any atom is -0.264 e. The lowest BCUT2D eigenvalue weighted by molar-refractivity contribution is 1.70. The van der Waals surface area contributed by atoms with E-state index in [0.717, 1.165) is 0 Å². The van der Waals surface area contributed by atoms with Crippen LogP contribution in [0.3, 0.4) is 0 Å². The van der Waals surface area contributed by atoms with Crippen LogP contribution in [0.1, 0.15) is 0 Å². The van der Waals surface area contributed by atoms with Crippen LogP contribution < -0.4 is 4.86 Å². The van der Waals surface area contributed by atoms with Crippen LogP contribution >= 0.6 is 57.1 Å². The van der Waals surface area contributed by atoms with Crippen molar-refractivity contribution in [1.29, 1.82) is 0 Å². The fourth-order valence-corrected chi connectivity index (χ4v) is 2.31. The lowest BCUT2D eigenvalue weighted by atomic mass is 13.8. The van der Waals surface area contributed by atoms with E-state index in [4.69, 9.17) is 33.7 Å². The third-order valence-electron chi connectivity index (χ3n) is 0.228. The topological polar surface area (TPSA) is 24.4 Å². The Morgan fingerprint density at radius 2 is 2.00 bits per heavy atom. The van der Waals surface area contributed by atoms with Crippen LogP contribution in [-0.2, 0) is 0 Å². The van der Waals surface area contributed by atoms with Gasteiger partial charge in [-0.3, -0.25) is 4.86 Å². The van der Waals surface area contributed by atoms with E-state index in [1.165, 1.54) is 0 Å². The lowest BCUT2D eigenvalue weighted by Gasteiger charge is -1.94. The molecule has 0 saturated carbocycles. The minimum atomic E-state index is -2.45. The maximum atomic E-state index is 5.34. The molecule has 0 fully saturated rings. The highest BCUT2D eigenvalue weighted by molar-refractivity contribution is 8.27. The molecule has 0 aromatic carbocycles. The Kier molecular flexibility index (Phi) is 5.82. The fraction of sp³-hybridized carbons (Fsp3) is 0. The van der Waals surface area contributed by atoms with Crippen molar-refractivity contribution in [2.45, 2.75) is 0 Å². The Balaban J connectivity index is 3.58. The second-order valence-electron chi connectivity index (χ2n) is 0.775. The molecule has 0 rings (SSSR count). The molecule has 0 aromatic heterocycles. The Hall–Kier alpha value is 1.92. The van der Waals surface area contributed by atoms with Gasteiger partial charge in [0, 0.05) is 0 Å². The van der Waals surface area contributed by atoms with E-state index in [1.807, 2.05) is 0 Å². The zero-order valence-electron chi connectivity index (χ0n) is 3.61. The molecule has 2 nitrogen and oxygen atoms in total. The van der Waals surface area contributed by atoms with Gasteiger partial charge >= 0.3 is 0 Å². The molecule has 1 N–H and O–H groups in total. The van der Waals surface area contributed by atoms with Crippen molar-refractivity contribution in [2.75, 3.05) is 0 Å². The second-order valence-corrected chi connectivity index (χ2v) is 9.75. The van der Waals surface area contributed by atoms with Gasteiger partial charge in [-0.25, -0.2) is 4.52 Å². The number of halogens is 3. The maximum absolute atomic E-state index is 5.34. The Labute approximate surface area is 66.6 Å². The van der Waals surface area contributed by atoms with Crippen molar-refractivity contribution in [3.05, 3.63) is 0 Å². The molecule has 0 bridgehead atoms. The van der Waals surface area contributed by atoms with Crippen LogP contribution in [0.5, 0.6) is 0 Å². The summed E-state index contributed by atoms with van der Waals surface area (Å²) in [5.74, 6) is 0. The first-order valence-corrected chi connectivity index (χ1v) is 7.45. The number of nitrogens with one attached hydrogen (secondary N) is 1. The Bertz CT molecular complexity index is 96.8. The summed E-state index contributed by atoms with van der Waals surface area (Å²) in [5.41, 5.74) is 0. The fourth-order valence-electron chi connectivity index (χ4n) is 0.0856. The van der Waals surface area contributed by atoms with E-state index in [2.05, 4.69) is 18.8 Å². The highest BCUT2D eigenvalue weighted by atomic mass is 36.0. The molecule has 0 aliphatic rings. The quantitative estimate of drug-likeness (QED) is 0.722. The highest BCUT2D eigenvalue weighted by Crippen LogP contribution is 2.66. The van der Waals surface area contributed by atoms with Gasteiger partial charge in [0.15, 0.2) is 0 Å². The van der Waals surface area contributed by atoms with Gasteiger partial charge in [0.2, 0.25) is 5.11 Å². The van der Waals surface area contributed by atoms with Gasteiger partial charge in [-0.15, -0.1) is 0 Å². The third kappa shape index (κ3) is 7.92. The molecule has 0 heterocycles. The van der Waals surface area contributed by atoms with E-state index in [9.17, 15) is 0 Å². The van der Waals surface area contributed by atoms with E-state index >= 15 is 0 Å². The smallest absolute Gasteiger partial charge is 0.228 e. The number of nitrogens with zero attached hydrogens (tertiary/aromatic N) is 1. The van der Waals surface area contributed by atoms with Crippen LogP contribution in [0.4, 0.5) is 0 Å². The molecule has 8 heteroatoms. The van der Waals surface area contributed by atoms with Crippen LogP contribution in [0.2, 0.25) is 0 Å². The van der Waals surface area contributed by atoms with Crippen molar-refractivity contribution < 1.29 is 0 Å². The van der Waals surface area contributed by atoms with Crippen molar-refractivity contribution in [3.63, 3.8) is 0 Å². The predicted octanol–water partition coefficient (Wildman–Crippen LogP) is 3.54. The Morgan fingerprint density at radius 1 is 1.50 bits per heavy atom. The molecule has 8 heavy (non-hydrogen) atoms. The first-order valence-electron chi connectivity index (χ1n) is 1.47. The molecule has 0 spiro atoms. The van der Waals surface area contributed by atoms with Gasteiger partial charge in [0.25, 0.3) is 0 Å². The van der Waals surface area contributed by atoms with Gasteiger partial charge in [-0.1, -0.05) is 9.39 Å². The SMILES string of the molecule is PNPN=P(Cl)(Cl)Cl. The molecular formula is H4Cl3N2P3. The first kappa shape index (κ1) is 9.92. The normalized spacial score (nSPS) is 13.0. The van der Waals surface area contributed by atoms with E-state index in [1.54, 1.807) is 0 Å². The summed E-state index contributed by atoms with van der Waals surface area (Å²) in [7, 11) is 2.43. The molecule has 2 atom stereocenters. The lowest BCUT2D eigenvalue weighted by Crippen LogP contribution is -1.66. The summed E-state index contributed by atoms with van der Waals surface area (Å²) in [6.45, 7) is 0. The maximum Gasteiger partial charge on any atom is 0.228 e. The predicted molar refractivity (Wildman–Crippen MR) is 48.1 cm³/mol. The average Bonchev–Trinajstić information content (AvgIpc) is 1.59. The molecule has 0 aliphatic carbocycles. The van der Waals surface area contributed by atoms with E-state index < -0.39 is 5.11 Å². The zero-order chi connectivity index (χ0) is 6.62. The van der Waals surface area contributed by atoms with Crippen LogP contribution in [-0.4, -0.2) is 0 Å². The zero-order valence-corrected chi connectivity index (χ0v) is 8.92. The van der Waals surface area contributed by atoms with Gasteiger partial charge in [-0.05, 0) is 33.7 Å². The average molecular weight is 231 g/mol. The minimum absolute atomic E-state index is 0.158. The largest absolute Gasteiger partial charge is 0.264 e. The van der Waals surface area contributed by atoms with E-state index in [-0.39, 0.29) is 8.88 Å². The summed E-state index contributed by atoms with van der Waals surface area (Å²) in [4.78, 5) is 2.68. The molecule has 2 unspecified atom stereocenters. The number of hydrogen-bond donors (Lipinski definition) is 1. The molecule has 0 saturated heterocycles. The summed E-state index contributed by atoms with van der Waals surface area (Å²) < 4.78 is 3.68. The monoisotopic (exact) mass is 230 g/mol. The van der Waals surface area contributed by atoms with Gasteiger partial charge in [0.05, 0.1) is 8.88 Å². The highest BCUT2D eigenvalue weighted by Gasteiger charge is 2.02. The second kappa shape index (κ2) is 4.69. The van der Waals surface area contributed by atoms with Crippen molar-refractivity contribution >= 4 is 57.1 Å². The summed E-state index contributed by atoms with van der Waals surface area (Å²) in [5, 5.41) is -2.45.